The summed E-state index contributed by atoms with van der Waals surface area (Å²) in [5.41, 5.74) is 5.27. The summed E-state index contributed by atoms with van der Waals surface area (Å²) in [6.07, 6.45) is 0. The van der Waals surface area contributed by atoms with Crippen molar-refractivity contribution >= 4 is 40.4 Å². The number of β-amino-alcohol motifs (C(OH)–C–C–N with tert-alkyl or cyclic N) is 1. The van der Waals surface area contributed by atoms with Crippen LogP contribution in [-0.4, -0.2) is 104 Å². The molecule has 0 saturated carbocycles. The Morgan fingerprint density at radius 2 is 1.62 bits per heavy atom. The van der Waals surface area contributed by atoms with Crippen LogP contribution in [0.4, 0.5) is 11.4 Å². The van der Waals surface area contributed by atoms with E-state index in [1.165, 1.54) is 12.2 Å². The molecule has 0 atom stereocenters. The Morgan fingerprint density at radius 3 is 2.27 bits per heavy atom. The summed E-state index contributed by atoms with van der Waals surface area (Å²) < 4.78 is 4.90. The van der Waals surface area contributed by atoms with Crippen LogP contribution in [0.25, 0.3) is 11.3 Å². The first-order valence-corrected chi connectivity index (χ1v) is 15.0. The van der Waals surface area contributed by atoms with Gasteiger partial charge in [-0.05, 0) is 54.4 Å². The van der Waals surface area contributed by atoms with Crippen molar-refractivity contribution in [1.82, 2.24) is 14.9 Å². The van der Waals surface area contributed by atoms with Gasteiger partial charge < -0.3 is 20.5 Å². The van der Waals surface area contributed by atoms with Gasteiger partial charge in [-0.15, -0.1) is 0 Å². The van der Waals surface area contributed by atoms with Gasteiger partial charge in [-0.3, -0.25) is 24.2 Å². The van der Waals surface area contributed by atoms with E-state index in [0.29, 0.717) is 64.6 Å². The summed E-state index contributed by atoms with van der Waals surface area (Å²) >= 11 is 0. The van der Waals surface area contributed by atoms with Gasteiger partial charge >= 0.3 is 5.97 Å². The lowest BCUT2D eigenvalue weighted by Gasteiger charge is -2.34. The number of piperazine rings is 1. The fourth-order valence-electron chi connectivity index (χ4n) is 5.55. The molecule has 1 fully saturated rings. The Bertz CT molecular complexity index is 1570. The first-order chi connectivity index (χ1) is 21.8. The van der Waals surface area contributed by atoms with E-state index >= 15 is 0 Å². The van der Waals surface area contributed by atoms with Crippen molar-refractivity contribution in [2.45, 2.75) is 6.92 Å². The number of fused-ring (bicyclic) bond motifs is 1. The maximum Gasteiger partial charge on any atom is 0.338 e. The summed E-state index contributed by atoms with van der Waals surface area (Å²) in [4.78, 5) is 48.9. The van der Waals surface area contributed by atoms with Crippen molar-refractivity contribution in [2.75, 3.05) is 77.3 Å². The number of aryl methyl sites for hydroxylation is 1. The van der Waals surface area contributed by atoms with E-state index in [4.69, 9.17) is 14.7 Å². The molecule has 3 aromatic rings. The number of amides is 2. The molecular weight excluding hydrogens is 574 g/mol. The summed E-state index contributed by atoms with van der Waals surface area (Å²) in [7, 11) is 2.93. The topological polar surface area (TPSA) is 124 Å². The van der Waals surface area contributed by atoms with Gasteiger partial charge in [0.15, 0.2) is 0 Å². The second-order valence-corrected chi connectivity index (χ2v) is 11.0. The average molecular weight is 614 g/mol. The molecule has 3 aromatic carbocycles. The number of aliphatic hydroxyl groups excluding tert-OH is 1. The number of ether oxygens (including phenoxy) is 1. The quantitative estimate of drug-likeness (QED) is 0.170. The van der Waals surface area contributed by atoms with Crippen LogP contribution < -0.4 is 10.6 Å². The van der Waals surface area contributed by atoms with E-state index in [2.05, 4.69) is 20.4 Å². The van der Waals surface area contributed by atoms with Crippen LogP contribution in [-0.2, 0) is 14.4 Å². The monoisotopic (exact) mass is 613 g/mol. The number of anilines is 2. The Balaban J connectivity index is 1.29. The number of aliphatic hydroxyl groups is 1. The van der Waals surface area contributed by atoms with Gasteiger partial charge in [0.2, 0.25) is 0 Å². The lowest BCUT2D eigenvalue weighted by atomic mass is 9.96. The van der Waals surface area contributed by atoms with Gasteiger partial charge in [-0.25, -0.2) is 9.86 Å². The van der Waals surface area contributed by atoms with Crippen molar-refractivity contribution in [2.24, 2.45) is 0 Å². The molecule has 45 heavy (non-hydrogen) atoms. The average Bonchev–Trinajstić information content (AvgIpc) is 3.38. The summed E-state index contributed by atoms with van der Waals surface area (Å²) in [6.45, 7) is 7.39. The van der Waals surface area contributed by atoms with Crippen molar-refractivity contribution in [3.63, 3.8) is 0 Å². The highest BCUT2D eigenvalue weighted by Crippen LogP contribution is 2.39. The minimum absolute atomic E-state index is 0.171. The van der Waals surface area contributed by atoms with Crippen LogP contribution in [0.2, 0.25) is 0 Å². The van der Waals surface area contributed by atoms with Crippen LogP contribution in [0, 0.1) is 6.92 Å². The molecular formula is C34H39N5O6. The molecule has 0 unspecified atom stereocenters. The number of benzene rings is 3. The van der Waals surface area contributed by atoms with Crippen LogP contribution in [0.1, 0.15) is 37.4 Å². The maximum absolute atomic E-state index is 13.3. The number of hydroxylamine groups is 2. The zero-order chi connectivity index (χ0) is 31.9. The highest BCUT2D eigenvalue weighted by Gasteiger charge is 2.30. The van der Waals surface area contributed by atoms with E-state index in [0.717, 1.165) is 31.7 Å². The number of carbonyl (C=O) groups is 3. The number of hydrogen-bond donors (Lipinski definition) is 3. The second kappa shape index (κ2) is 14.5. The molecule has 2 aliphatic heterocycles. The molecule has 1 saturated heterocycles. The Labute approximate surface area is 263 Å². The summed E-state index contributed by atoms with van der Waals surface area (Å²) in [5, 5.41) is 16.7. The summed E-state index contributed by atoms with van der Waals surface area (Å²) in [5.74, 6) is -1.03. The van der Waals surface area contributed by atoms with Gasteiger partial charge in [-0.2, -0.15) is 0 Å². The molecule has 11 heteroatoms. The van der Waals surface area contributed by atoms with Gasteiger partial charge in [0.25, 0.3) is 11.8 Å². The SMILES string of the molecule is COC(=O)c1cc2c(cc1C)/C(=C(/Nc1ccc(C(=O)N(C)OCCN3CCN(CCO)CC3)cc1)c1ccccc1)C(=O)N2. The first kappa shape index (κ1) is 31.9. The third-order valence-corrected chi connectivity index (χ3v) is 8.09. The Morgan fingerprint density at radius 1 is 0.956 bits per heavy atom. The number of methoxy groups -OCH3 is 1. The van der Waals surface area contributed by atoms with Crippen molar-refractivity contribution < 1.29 is 29.1 Å². The van der Waals surface area contributed by atoms with Crippen LogP contribution >= 0.6 is 0 Å². The number of rotatable bonds is 11. The molecule has 2 amide bonds. The number of nitrogens with zero attached hydrogens (tertiary/aromatic N) is 3. The molecule has 3 N–H and O–H groups in total. The molecule has 236 valence electrons. The minimum Gasteiger partial charge on any atom is -0.465 e. The minimum atomic E-state index is -0.470. The molecule has 11 nitrogen and oxygen atoms in total. The lowest BCUT2D eigenvalue weighted by molar-refractivity contribution is -0.111. The van der Waals surface area contributed by atoms with Gasteiger partial charge in [-0.1, -0.05) is 30.3 Å². The number of carbonyl (C=O) groups excluding carboxylic acids is 3. The zero-order valence-electron chi connectivity index (χ0n) is 25.8. The van der Waals surface area contributed by atoms with Crippen molar-refractivity contribution in [1.29, 1.82) is 0 Å². The highest BCUT2D eigenvalue weighted by molar-refractivity contribution is 6.37. The maximum atomic E-state index is 13.3. The summed E-state index contributed by atoms with van der Waals surface area (Å²) in [6, 6.07) is 20.0. The van der Waals surface area contributed by atoms with Gasteiger partial charge in [0, 0.05) is 63.1 Å². The molecule has 0 bridgehead atoms. The van der Waals surface area contributed by atoms with Crippen LogP contribution in [0.15, 0.2) is 66.7 Å². The molecule has 2 aliphatic rings. The largest absolute Gasteiger partial charge is 0.465 e. The van der Waals surface area contributed by atoms with Crippen LogP contribution in [0.5, 0.6) is 0 Å². The van der Waals surface area contributed by atoms with Crippen LogP contribution in [0.3, 0.4) is 0 Å². The predicted octanol–water partition coefficient (Wildman–Crippen LogP) is 3.33. The highest BCUT2D eigenvalue weighted by atomic mass is 16.7. The Hall–Kier alpha value is -4.55. The van der Waals surface area contributed by atoms with E-state index in [1.54, 1.807) is 44.3 Å². The fraction of sp³-hybridized carbons (Fsp3) is 0.324. The van der Waals surface area contributed by atoms with E-state index in [1.807, 2.05) is 36.4 Å². The molecule has 0 aromatic heterocycles. The molecule has 5 rings (SSSR count). The molecule has 0 spiro atoms. The number of esters is 1. The van der Waals surface area contributed by atoms with E-state index < -0.39 is 5.97 Å². The standard InChI is InChI=1S/C34H39N5O6/c1-23-21-28-29(22-27(23)34(43)44-3)36-32(41)30(28)31(24-7-5-4-6-8-24)35-26-11-9-25(10-12-26)33(42)37(2)45-20-18-39-15-13-38(14-16-39)17-19-40/h4-12,21-22,35,40H,13-20H2,1-3H3,(H,36,41)/b31-30-. The lowest BCUT2D eigenvalue weighted by Crippen LogP contribution is -2.48. The second-order valence-electron chi connectivity index (χ2n) is 11.0. The number of hydrogen-bond acceptors (Lipinski definition) is 9. The normalized spacial score (nSPS) is 16.1. The third-order valence-electron chi connectivity index (χ3n) is 8.09. The molecule has 0 aliphatic carbocycles. The fourth-order valence-corrected chi connectivity index (χ4v) is 5.55. The number of nitrogens with one attached hydrogen (secondary N) is 2. The van der Waals surface area contributed by atoms with Crippen molar-refractivity contribution in [3.8, 4) is 0 Å². The molecule has 2 heterocycles. The first-order valence-electron chi connectivity index (χ1n) is 15.0. The van der Waals surface area contributed by atoms with E-state index in [-0.39, 0.29) is 18.4 Å². The predicted molar refractivity (Wildman–Crippen MR) is 172 cm³/mol. The third kappa shape index (κ3) is 7.40. The van der Waals surface area contributed by atoms with Crippen molar-refractivity contribution in [3.05, 3.63) is 94.5 Å². The van der Waals surface area contributed by atoms with Gasteiger partial charge in [0.1, 0.15) is 0 Å². The molecule has 0 radical (unpaired) electrons. The Kier molecular flexibility index (Phi) is 10.3. The zero-order valence-corrected chi connectivity index (χ0v) is 25.8. The van der Waals surface area contributed by atoms with E-state index in [9.17, 15) is 14.4 Å². The smallest absolute Gasteiger partial charge is 0.338 e. The van der Waals surface area contributed by atoms with Gasteiger partial charge in [0.05, 0.1) is 42.8 Å².